The number of hydrogen-bond acceptors (Lipinski definition) is 8. The maximum atomic E-state index is 11.6. The van der Waals surface area contributed by atoms with Crippen LogP contribution in [0.15, 0.2) is 35.5 Å². The minimum atomic E-state index is -3.53. The Morgan fingerprint density at radius 3 is 2.29 bits per heavy atom. The topological polar surface area (TPSA) is 117 Å². The second kappa shape index (κ2) is 10.0. The summed E-state index contributed by atoms with van der Waals surface area (Å²) >= 11 is 1.40. The van der Waals surface area contributed by atoms with Crippen molar-refractivity contribution in [3.8, 4) is 0 Å². The lowest BCUT2D eigenvalue weighted by atomic mass is 10.0. The predicted molar refractivity (Wildman–Crippen MR) is 113 cm³/mol. The fourth-order valence-corrected chi connectivity index (χ4v) is 3.88. The van der Waals surface area contributed by atoms with Gasteiger partial charge in [-0.3, -0.25) is 4.72 Å². The van der Waals surface area contributed by atoms with Crippen molar-refractivity contribution in [2.75, 3.05) is 22.9 Å². The molecule has 3 N–H and O–H groups in total. The van der Waals surface area contributed by atoms with Crippen LogP contribution in [0.5, 0.6) is 0 Å². The van der Waals surface area contributed by atoms with E-state index in [9.17, 15) is 13.5 Å². The number of aliphatic hydroxyl groups is 1. The molecule has 0 radical (unpaired) electrons. The molecule has 2 atom stereocenters. The summed E-state index contributed by atoms with van der Waals surface area (Å²) in [5.74, 6) is 0.541. The lowest BCUT2D eigenvalue weighted by Gasteiger charge is -2.19. The van der Waals surface area contributed by atoms with Crippen LogP contribution < -0.4 is 10.0 Å². The molecule has 0 fully saturated rings. The quantitative estimate of drug-likeness (QED) is 0.498. The standard InChI is InChI=1S/C18H27N5O3S2/c1-12(2)10-15(11-24)19-16-20-17(23-28(4,25)26)22-18(21-16)27-13(3)14-8-6-5-7-9-14/h5-9,12-13,15,24H,10-11H2,1-4H3,(H2,19,20,21,22,23)/t13-,15-/m1/s1. The van der Waals surface area contributed by atoms with E-state index < -0.39 is 10.0 Å². The molecule has 0 amide bonds. The summed E-state index contributed by atoms with van der Waals surface area (Å²) in [6.45, 7) is 6.05. The van der Waals surface area contributed by atoms with E-state index in [2.05, 4.69) is 38.8 Å². The van der Waals surface area contributed by atoms with Crippen molar-refractivity contribution in [2.45, 2.75) is 43.6 Å². The highest BCUT2D eigenvalue weighted by molar-refractivity contribution is 7.99. The second-order valence-electron chi connectivity index (χ2n) is 6.96. The molecule has 10 heteroatoms. The Bertz CT molecular complexity index is 863. The maximum Gasteiger partial charge on any atom is 0.242 e. The number of aromatic nitrogens is 3. The molecular weight excluding hydrogens is 398 g/mol. The van der Waals surface area contributed by atoms with Crippen LogP contribution in [0, 0.1) is 5.92 Å². The van der Waals surface area contributed by atoms with E-state index in [0.717, 1.165) is 18.2 Å². The number of nitrogens with one attached hydrogen (secondary N) is 2. The van der Waals surface area contributed by atoms with E-state index in [1.807, 2.05) is 37.3 Å². The lowest BCUT2D eigenvalue weighted by molar-refractivity contribution is 0.259. The molecule has 2 aromatic rings. The Hall–Kier alpha value is -1.91. The third-order valence-electron chi connectivity index (χ3n) is 3.75. The minimum Gasteiger partial charge on any atom is -0.394 e. The van der Waals surface area contributed by atoms with Gasteiger partial charge in [0.05, 0.1) is 18.9 Å². The van der Waals surface area contributed by atoms with Crippen molar-refractivity contribution < 1.29 is 13.5 Å². The van der Waals surface area contributed by atoms with E-state index in [1.54, 1.807) is 0 Å². The van der Waals surface area contributed by atoms with Crippen LogP contribution >= 0.6 is 11.8 Å². The van der Waals surface area contributed by atoms with Crippen LogP contribution in [-0.2, 0) is 10.0 Å². The zero-order chi connectivity index (χ0) is 20.7. The number of benzene rings is 1. The largest absolute Gasteiger partial charge is 0.394 e. The average molecular weight is 426 g/mol. The Morgan fingerprint density at radius 1 is 1.07 bits per heavy atom. The Kier molecular flexibility index (Phi) is 8.02. The van der Waals surface area contributed by atoms with Gasteiger partial charge in [0.25, 0.3) is 0 Å². The van der Waals surface area contributed by atoms with Gasteiger partial charge in [-0.1, -0.05) is 55.9 Å². The first kappa shape index (κ1) is 22.4. The third-order valence-corrected chi connectivity index (χ3v) is 5.32. The number of thioether (sulfide) groups is 1. The minimum absolute atomic E-state index is 0.0519. The van der Waals surface area contributed by atoms with Crippen LogP contribution in [-0.4, -0.2) is 47.4 Å². The molecule has 0 spiro atoms. The molecule has 0 saturated heterocycles. The van der Waals surface area contributed by atoms with Crippen molar-refractivity contribution in [2.24, 2.45) is 5.92 Å². The van der Waals surface area contributed by atoms with Crippen LogP contribution in [0.1, 0.15) is 38.0 Å². The smallest absolute Gasteiger partial charge is 0.242 e. The first-order valence-electron chi connectivity index (χ1n) is 8.99. The zero-order valence-corrected chi connectivity index (χ0v) is 18.1. The normalized spacial score (nSPS) is 13.9. The van der Waals surface area contributed by atoms with Crippen molar-refractivity contribution in [3.63, 3.8) is 0 Å². The maximum absolute atomic E-state index is 11.6. The molecule has 154 valence electrons. The average Bonchev–Trinajstić information content (AvgIpc) is 2.59. The molecule has 0 unspecified atom stereocenters. The fraction of sp³-hybridized carbons (Fsp3) is 0.500. The highest BCUT2D eigenvalue weighted by Gasteiger charge is 2.17. The Labute approximate surface area is 170 Å². The van der Waals surface area contributed by atoms with Gasteiger partial charge in [0.1, 0.15) is 0 Å². The van der Waals surface area contributed by atoms with Gasteiger partial charge in [-0.2, -0.15) is 15.0 Å². The molecule has 1 heterocycles. The predicted octanol–water partition coefficient (Wildman–Crippen LogP) is 2.92. The lowest BCUT2D eigenvalue weighted by Crippen LogP contribution is -2.27. The molecule has 1 aromatic heterocycles. The number of nitrogens with zero attached hydrogens (tertiary/aromatic N) is 3. The summed E-state index contributed by atoms with van der Waals surface area (Å²) in [5.41, 5.74) is 1.10. The van der Waals surface area contributed by atoms with Crippen molar-refractivity contribution in [1.82, 2.24) is 15.0 Å². The molecule has 0 aliphatic rings. The van der Waals surface area contributed by atoms with Gasteiger partial charge in [0.2, 0.25) is 21.9 Å². The summed E-state index contributed by atoms with van der Waals surface area (Å²) in [4.78, 5) is 12.8. The summed E-state index contributed by atoms with van der Waals surface area (Å²) in [6, 6.07) is 9.65. The van der Waals surface area contributed by atoms with Gasteiger partial charge >= 0.3 is 0 Å². The van der Waals surface area contributed by atoms with E-state index in [-0.39, 0.29) is 29.8 Å². The molecule has 0 bridgehead atoms. The number of sulfonamides is 1. The molecule has 0 aliphatic carbocycles. The van der Waals surface area contributed by atoms with Gasteiger partial charge < -0.3 is 10.4 Å². The first-order chi connectivity index (χ1) is 13.2. The summed E-state index contributed by atoms with van der Waals surface area (Å²) in [6.07, 6.45) is 1.76. The molecular formula is C18H27N5O3S2. The van der Waals surface area contributed by atoms with E-state index in [0.29, 0.717) is 11.1 Å². The highest BCUT2D eigenvalue weighted by atomic mass is 32.2. The van der Waals surface area contributed by atoms with Crippen molar-refractivity contribution >= 4 is 33.7 Å². The van der Waals surface area contributed by atoms with Crippen molar-refractivity contribution in [1.29, 1.82) is 0 Å². The fourth-order valence-electron chi connectivity index (χ4n) is 2.57. The third kappa shape index (κ3) is 7.61. The molecule has 0 saturated carbocycles. The van der Waals surface area contributed by atoms with Crippen LogP contribution in [0.25, 0.3) is 0 Å². The number of hydrogen-bond donors (Lipinski definition) is 3. The van der Waals surface area contributed by atoms with Gasteiger partial charge in [0.15, 0.2) is 5.16 Å². The summed E-state index contributed by atoms with van der Waals surface area (Å²) in [5, 5.41) is 13.1. The van der Waals surface area contributed by atoms with E-state index in [1.165, 1.54) is 11.8 Å². The summed E-state index contributed by atoms with van der Waals surface area (Å²) in [7, 11) is -3.53. The van der Waals surface area contributed by atoms with Gasteiger partial charge in [-0.05, 0) is 24.8 Å². The molecule has 28 heavy (non-hydrogen) atoms. The second-order valence-corrected chi connectivity index (χ2v) is 10.0. The monoisotopic (exact) mass is 425 g/mol. The van der Waals surface area contributed by atoms with Gasteiger partial charge in [-0.25, -0.2) is 8.42 Å². The molecule has 0 aliphatic heterocycles. The van der Waals surface area contributed by atoms with E-state index >= 15 is 0 Å². The number of anilines is 2. The molecule has 1 aromatic carbocycles. The number of rotatable bonds is 10. The Morgan fingerprint density at radius 2 is 1.71 bits per heavy atom. The van der Waals surface area contributed by atoms with Crippen LogP contribution in [0.2, 0.25) is 0 Å². The highest BCUT2D eigenvalue weighted by Crippen LogP contribution is 2.33. The first-order valence-corrected chi connectivity index (χ1v) is 11.8. The van der Waals surface area contributed by atoms with E-state index in [4.69, 9.17) is 0 Å². The molecule has 8 nitrogen and oxygen atoms in total. The van der Waals surface area contributed by atoms with Gasteiger partial charge in [0, 0.05) is 5.25 Å². The van der Waals surface area contributed by atoms with Crippen LogP contribution in [0.4, 0.5) is 11.9 Å². The zero-order valence-electron chi connectivity index (χ0n) is 16.5. The van der Waals surface area contributed by atoms with Gasteiger partial charge in [-0.15, -0.1) is 0 Å². The van der Waals surface area contributed by atoms with Crippen molar-refractivity contribution in [3.05, 3.63) is 35.9 Å². The molecule has 2 rings (SSSR count). The number of aliphatic hydroxyl groups excluding tert-OH is 1. The summed E-state index contributed by atoms with van der Waals surface area (Å²) < 4.78 is 25.5. The van der Waals surface area contributed by atoms with Crippen LogP contribution in [0.3, 0.4) is 0 Å². The Balaban J connectivity index is 2.28. The SMILES string of the molecule is CC(C)C[C@H](CO)Nc1nc(NS(C)(=O)=O)nc(S[C@H](C)c2ccccc2)n1.